The number of para-hydroxylation sites is 2. The Balaban J connectivity index is 1.36. The number of aromatic nitrogens is 4. The number of rotatable bonds is 4. The Kier molecular flexibility index (Phi) is 4.56. The third-order valence-electron chi connectivity index (χ3n) is 5.22. The zero-order valence-electron chi connectivity index (χ0n) is 16.3. The Morgan fingerprint density at radius 1 is 0.897 bits per heavy atom. The highest BCUT2D eigenvalue weighted by Gasteiger charge is 2.22. The van der Waals surface area contributed by atoms with Gasteiger partial charge in [-0.2, -0.15) is 4.98 Å². The number of pyridine rings is 1. The molecule has 1 aromatic carbocycles. The molecule has 1 aliphatic rings. The zero-order valence-corrected chi connectivity index (χ0v) is 16.3. The molecule has 7 nitrogen and oxygen atoms in total. The Hall–Kier alpha value is -3.48. The summed E-state index contributed by atoms with van der Waals surface area (Å²) in [5.41, 5.74) is 3.76. The standard InChI is InChI=1S/C22H22N6O/c1-2-17-15-20(26-21(24-17)16-7-9-23-10-8-16)27-11-13-28(14-12-27)22-25-18-5-3-4-6-19(18)29-22/h3-10,15H,2,11-14H2,1H3. The van der Waals surface area contributed by atoms with Gasteiger partial charge in [0.2, 0.25) is 0 Å². The van der Waals surface area contributed by atoms with E-state index in [-0.39, 0.29) is 0 Å². The molecular formula is C22H22N6O. The minimum atomic E-state index is 0.695. The molecule has 0 saturated carbocycles. The predicted molar refractivity (Wildman–Crippen MR) is 113 cm³/mol. The summed E-state index contributed by atoms with van der Waals surface area (Å²) in [6.07, 6.45) is 4.42. The molecule has 0 bridgehead atoms. The first-order valence-corrected chi connectivity index (χ1v) is 9.94. The fourth-order valence-corrected chi connectivity index (χ4v) is 3.58. The summed E-state index contributed by atoms with van der Waals surface area (Å²) in [5.74, 6) is 1.73. The van der Waals surface area contributed by atoms with E-state index < -0.39 is 0 Å². The molecule has 1 aliphatic heterocycles. The predicted octanol–water partition coefficient (Wildman–Crippen LogP) is 3.57. The van der Waals surface area contributed by atoms with Crippen molar-refractivity contribution in [1.82, 2.24) is 19.9 Å². The summed E-state index contributed by atoms with van der Waals surface area (Å²) < 4.78 is 5.93. The molecule has 5 rings (SSSR count). The number of fused-ring (bicyclic) bond motifs is 1. The van der Waals surface area contributed by atoms with Crippen LogP contribution in [0.15, 0.2) is 59.3 Å². The zero-order chi connectivity index (χ0) is 19.6. The molecule has 0 radical (unpaired) electrons. The summed E-state index contributed by atoms with van der Waals surface area (Å²) >= 11 is 0. The minimum absolute atomic E-state index is 0.695. The molecule has 0 spiro atoms. The van der Waals surface area contributed by atoms with Crippen LogP contribution in [0.5, 0.6) is 0 Å². The summed E-state index contributed by atoms with van der Waals surface area (Å²) in [6.45, 7) is 5.50. The molecule has 3 aromatic heterocycles. The second kappa shape index (κ2) is 7.50. The topological polar surface area (TPSA) is 71.2 Å². The average Bonchev–Trinajstić information content (AvgIpc) is 3.24. The highest BCUT2D eigenvalue weighted by atomic mass is 16.4. The number of nitrogens with zero attached hydrogens (tertiary/aromatic N) is 6. The molecule has 0 amide bonds. The number of hydrogen-bond acceptors (Lipinski definition) is 7. The third-order valence-corrected chi connectivity index (χ3v) is 5.22. The molecule has 7 heteroatoms. The Labute approximate surface area is 169 Å². The summed E-state index contributed by atoms with van der Waals surface area (Å²) in [4.78, 5) is 22.8. The maximum Gasteiger partial charge on any atom is 0.298 e. The van der Waals surface area contributed by atoms with Crippen LogP contribution in [0.25, 0.3) is 22.5 Å². The van der Waals surface area contributed by atoms with Crippen molar-refractivity contribution in [1.29, 1.82) is 0 Å². The lowest BCUT2D eigenvalue weighted by Crippen LogP contribution is -2.47. The van der Waals surface area contributed by atoms with Crippen LogP contribution in [0.4, 0.5) is 11.8 Å². The van der Waals surface area contributed by atoms with E-state index >= 15 is 0 Å². The first kappa shape index (κ1) is 17.6. The number of hydrogen-bond donors (Lipinski definition) is 0. The van der Waals surface area contributed by atoms with Gasteiger partial charge in [0, 0.05) is 55.9 Å². The van der Waals surface area contributed by atoms with E-state index in [4.69, 9.17) is 14.4 Å². The fraction of sp³-hybridized carbons (Fsp3) is 0.273. The minimum Gasteiger partial charge on any atom is -0.423 e. The average molecular weight is 386 g/mol. The third kappa shape index (κ3) is 3.51. The van der Waals surface area contributed by atoms with Gasteiger partial charge >= 0.3 is 0 Å². The van der Waals surface area contributed by atoms with E-state index in [1.807, 2.05) is 36.4 Å². The normalized spacial score (nSPS) is 14.5. The molecule has 1 saturated heterocycles. The fourth-order valence-electron chi connectivity index (χ4n) is 3.58. The highest BCUT2D eigenvalue weighted by molar-refractivity contribution is 5.74. The van der Waals surface area contributed by atoms with Gasteiger partial charge in [-0.1, -0.05) is 19.1 Å². The van der Waals surface area contributed by atoms with Gasteiger partial charge < -0.3 is 14.2 Å². The molecule has 146 valence electrons. The maximum atomic E-state index is 5.93. The van der Waals surface area contributed by atoms with Gasteiger partial charge in [-0.3, -0.25) is 4.98 Å². The van der Waals surface area contributed by atoms with Crippen LogP contribution in [0, 0.1) is 0 Å². The molecule has 4 heterocycles. The highest BCUT2D eigenvalue weighted by Crippen LogP contribution is 2.25. The lowest BCUT2D eigenvalue weighted by Gasteiger charge is -2.34. The second-order valence-corrected chi connectivity index (χ2v) is 7.07. The van der Waals surface area contributed by atoms with Crippen LogP contribution < -0.4 is 9.80 Å². The largest absolute Gasteiger partial charge is 0.423 e. The Morgan fingerprint density at radius 3 is 2.41 bits per heavy atom. The van der Waals surface area contributed by atoms with E-state index in [0.717, 1.165) is 66.6 Å². The van der Waals surface area contributed by atoms with Gasteiger partial charge in [0.25, 0.3) is 6.01 Å². The van der Waals surface area contributed by atoms with Crippen molar-refractivity contribution in [3.8, 4) is 11.4 Å². The summed E-state index contributed by atoms with van der Waals surface area (Å²) in [5, 5.41) is 0. The van der Waals surface area contributed by atoms with Gasteiger partial charge in [-0.25, -0.2) is 9.97 Å². The van der Waals surface area contributed by atoms with Crippen molar-refractivity contribution in [2.45, 2.75) is 13.3 Å². The Morgan fingerprint density at radius 2 is 1.66 bits per heavy atom. The van der Waals surface area contributed by atoms with E-state index in [9.17, 15) is 0 Å². The number of anilines is 2. The second-order valence-electron chi connectivity index (χ2n) is 7.07. The maximum absolute atomic E-state index is 5.93. The van der Waals surface area contributed by atoms with E-state index in [1.54, 1.807) is 12.4 Å². The molecule has 0 N–H and O–H groups in total. The van der Waals surface area contributed by atoms with Crippen molar-refractivity contribution in [3.63, 3.8) is 0 Å². The molecular weight excluding hydrogens is 364 g/mol. The van der Waals surface area contributed by atoms with Crippen LogP contribution in [0.2, 0.25) is 0 Å². The molecule has 0 unspecified atom stereocenters. The van der Waals surface area contributed by atoms with Crippen molar-refractivity contribution < 1.29 is 4.42 Å². The lowest BCUT2D eigenvalue weighted by atomic mass is 10.2. The molecule has 29 heavy (non-hydrogen) atoms. The van der Waals surface area contributed by atoms with Gasteiger partial charge in [0.1, 0.15) is 11.3 Å². The first-order chi connectivity index (χ1) is 14.3. The molecule has 1 fully saturated rings. The summed E-state index contributed by atoms with van der Waals surface area (Å²) in [7, 11) is 0. The van der Waals surface area contributed by atoms with Gasteiger partial charge in [0.15, 0.2) is 11.4 Å². The first-order valence-electron chi connectivity index (χ1n) is 9.94. The molecule has 4 aromatic rings. The molecule has 0 aliphatic carbocycles. The smallest absolute Gasteiger partial charge is 0.298 e. The van der Waals surface area contributed by atoms with Crippen molar-refractivity contribution >= 4 is 22.9 Å². The van der Waals surface area contributed by atoms with E-state index in [0.29, 0.717) is 6.01 Å². The van der Waals surface area contributed by atoms with Gasteiger partial charge in [-0.05, 0) is 30.7 Å². The van der Waals surface area contributed by atoms with Crippen LogP contribution in [-0.2, 0) is 6.42 Å². The van der Waals surface area contributed by atoms with E-state index in [2.05, 4.69) is 32.8 Å². The number of piperazine rings is 1. The van der Waals surface area contributed by atoms with Crippen LogP contribution in [-0.4, -0.2) is 46.1 Å². The van der Waals surface area contributed by atoms with Crippen LogP contribution in [0.3, 0.4) is 0 Å². The molecule has 0 atom stereocenters. The summed E-state index contributed by atoms with van der Waals surface area (Å²) in [6, 6.07) is 14.6. The van der Waals surface area contributed by atoms with Crippen molar-refractivity contribution in [2.24, 2.45) is 0 Å². The van der Waals surface area contributed by atoms with Gasteiger partial charge in [0.05, 0.1) is 0 Å². The Bertz CT molecular complexity index is 1090. The number of benzene rings is 1. The van der Waals surface area contributed by atoms with Crippen LogP contribution in [0.1, 0.15) is 12.6 Å². The monoisotopic (exact) mass is 386 g/mol. The lowest BCUT2D eigenvalue weighted by molar-refractivity contribution is 0.540. The number of oxazole rings is 1. The SMILES string of the molecule is CCc1cc(N2CCN(c3nc4ccccc4o3)CC2)nc(-c2ccncc2)n1. The van der Waals surface area contributed by atoms with E-state index in [1.165, 1.54) is 0 Å². The quantitative estimate of drug-likeness (QED) is 0.531. The van der Waals surface area contributed by atoms with Crippen molar-refractivity contribution in [2.75, 3.05) is 36.0 Å². The van der Waals surface area contributed by atoms with Crippen molar-refractivity contribution in [3.05, 3.63) is 60.6 Å². The van der Waals surface area contributed by atoms with Gasteiger partial charge in [-0.15, -0.1) is 0 Å². The van der Waals surface area contributed by atoms with Crippen LogP contribution >= 0.6 is 0 Å². The number of aryl methyl sites for hydroxylation is 1.